The Kier molecular flexibility index (Phi) is 7.71. The second kappa shape index (κ2) is 10.0. The summed E-state index contributed by atoms with van der Waals surface area (Å²) in [6, 6.07) is 16.6. The zero-order valence-corrected chi connectivity index (χ0v) is 17.5. The molecule has 2 aromatic carbocycles. The van der Waals surface area contributed by atoms with E-state index in [1.807, 2.05) is 37.3 Å². The maximum absolute atomic E-state index is 12.4. The maximum atomic E-state index is 12.4. The van der Waals surface area contributed by atoms with Crippen LogP contribution >= 0.6 is 0 Å². The van der Waals surface area contributed by atoms with Crippen molar-refractivity contribution in [3.8, 4) is 5.75 Å². The Balaban J connectivity index is 1.92. The van der Waals surface area contributed by atoms with Crippen molar-refractivity contribution in [3.05, 3.63) is 65.7 Å². The number of hydrogen-bond donors (Lipinski definition) is 1. The Morgan fingerprint density at radius 1 is 1.00 bits per heavy atom. The van der Waals surface area contributed by atoms with Crippen LogP contribution < -0.4 is 4.74 Å². The van der Waals surface area contributed by atoms with Crippen LogP contribution in [0.2, 0.25) is 0 Å². The molecule has 5 nitrogen and oxygen atoms in total. The van der Waals surface area contributed by atoms with Crippen LogP contribution in [-0.4, -0.2) is 29.7 Å². The summed E-state index contributed by atoms with van der Waals surface area (Å²) in [5.74, 6) is -0.336. The molecule has 0 unspecified atom stereocenters. The molecule has 1 atom stereocenters. The van der Waals surface area contributed by atoms with E-state index in [0.717, 1.165) is 5.56 Å². The first-order chi connectivity index (χ1) is 13.7. The number of esters is 1. The van der Waals surface area contributed by atoms with Gasteiger partial charge in [-0.3, -0.25) is 10.2 Å². The molecule has 5 heteroatoms. The summed E-state index contributed by atoms with van der Waals surface area (Å²) >= 11 is 0. The van der Waals surface area contributed by atoms with E-state index in [1.54, 1.807) is 45.0 Å². The molecule has 0 spiro atoms. The molecule has 154 valence electrons. The lowest BCUT2D eigenvalue weighted by Gasteiger charge is -2.22. The fraction of sp³-hybridized carbons (Fsp3) is 0.375. The molecule has 29 heavy (non-hydrogen) atoms. The standard InChI is InChI=1S/C24H29NO4/c1-5-18(22(25)23(27)29-24(2,3)4)16-28-20-13-11-19(12-14-20)21(26)15-17-9-7-6-8-10-17/h6-14,18,25H,5,15-16H2,1-4H3/t18-/m0/s1. The molecule has 0 aliphatic carbocycles. The van der Waals surface area contributed by atoms with Gasteiger partial charge in [0.2, 0.25) is 0 Å². The van der Waals surface area contributed by atoms with Crippen LogP contribution in [0.1, 0.15) is 50.0 Å². The molecule has 2 aromatic rings. The largest absolute Gasteiger partial charge is 0.493 e. The number of carbonyl (C=O) groups excluding carboxylic acids is 2. The number of benzene rings is 2. The van der Waals surface area contributed by atoms with Crippen LogP contribution in [0.5, 0.6) is 5.75 Å². The predicted molar refractivity (Wildman–Crippen MR) is 114 cm³/mol. The molecule has 0 heterocycles. The zero-order valence-electron chi connectivity index (χ0n) is 17.5. The molecule has 2 rings (SSSR count). The van der Waals surface area contributed by atoms with Gasteiger partial charge in [-0.2, -0.15) is 0 Å². The minimum absolute atomic E-state index is 0.0425. The highest BCUT2D eigenvalue weighted by Gasteiger charge is 2.26. The highest BCUT2D eigenvalue weighted by atomic mass is 16.6. The maximum Gasteiger partial charge on any atom is 0.352 e. The smallest absolute Gasteiger partial charge is 0.352 e. The van der Waals surface area contributed by atoms with Crippen molar-refractivity contribution in [2.45, 2.75) is 46.1 Å². The van der Waals surface area contributed by atoms with Crippen molar-refractivity contribution in [1.29, 1.82) is 5.41 Å². The summed E-state index contributed by atoms with van der Waals surface area (Å²) in [6.07, 6.45) is 0.942. The van der Waals surface area contributed by atoms with E-state index >= 15 is 0 Å². The van der Waals surface area contributed by atoms with Gasteiger partial charge in [0.15, 0.2) is 5.78 Å². The molecule has 0 radical (unpaired) electrons. The Bertz CT molecular complexity index is 835. The summed E-state index contributed by atoms with van der Waals surface area (Å²) < 4.78 is 11.0. The first-order valence-electron chi connectivity index (χ1n) is 9.81. The number of carbonyl (C=O) groups is 2. The molecule has 0 amide bonds. The number of hydrogen-bond acceptors (Lipinski definition) is 5. The summed E-state index contributed by atoms with van der Waals surface area (Å²) in [7, 11) is 0. The summed E-state index contributed by atoms with van der Waals surface area (Å²) in [6.45, 7) is 7.42. The van der Waals surface area contributed by atoms with E-state index in [9.17, 15) is 9.59 Å². The fourth-order valence-electron chi connectivity index (χ4n) is 2.72. The molecule has 0 fully saturated rings. The van der Waals surface area contributed by atoms with E-state index in [2.05, 4.69) is 0 Å². The zero-order chi connectivity index (χ0) is 21.4. The van der Waals surface area contributed by atoms with E-state index in [-0.39, 0.29) is 24.0 Å². The normalized spacial score (nSPS) is 12.1. The number of ether oxygens (including phenoxy) is 2. The molecule has 0 aliphatic rings. The molecule has 0 aliphatic heterocycles. The Morgan fingerprint density at radius 3 is 2.17 bits per heavy atom. The lowest BCUT2D eigenvalue weighted by Crippen LogP contribution is -2.34. The summed E-state index contributed by atoms with van der Waals surface area (Å²) in [5, 5.41) is 8.10. The molecular formula is C24H29NO4. The number of nitrogens with one attached hydrogen (secondary N) is 1. The first kappa shape index (κ1) is 22.3. The van der Waals surface area contributed by atoms with Crippen molar-refractivity contribution in [2.24, 2.45) is 5.92 Å². The van der Waals surface area contributed by atoms with Crippen molar-refractivity contribution in [1.82, 2.24) is 0 Å². The van der Waals surface area contributed by atoms with Gasteiger partial charge in [-0.25, -0.2) is 4.79 Å². The van der Waals surface area contributed by atoms with Gasteiger partial charge >= 0.3 is 5.97 Å². The quantitative estimate of drug-likeness (QED) is 0.373. The van der Waals surface area contributed by atoms with Crippen molar-refractivity contribution in [3.63, 3.8) is 0 Å². The minimum atomic E-state index is -0.634. The Hall–Kier alpha value is -2.95. The molecule has 0 saturated heterocycles. The SMILES string of the molecule is CC[C@@H](COc1ccc(C(=O)Cc2ccccc2)cc1)C(=N)C(=O)OC(C)(C)C. The van der Waals surface area contributed by atoms with Gasteiger partial charge in [0.05, 0.1) is 6.61 Å². The van der Waals surface area contributed by atoms with Crippen molar-refractivity contribution >= 4 is 17.5 Å². The second-order valence-electron chi connectivity index (χ2n) is 7.94. The van der Waals surface area contributed by atoms with Crippen LogP contribution in [0.3, 0.4) is 0 Å². The molecule has 1 N–H and O–H groups in total. The van der Waals surface area contributed by atoms with Crippen LogP contribution in [0.15, 0.2) is 54.6 Å². The van der Waals surface area contributed by atoms with Gasteiger partial charge < -0.3 is 9.47 Å². The topological polar surface area (TPSA) is 76.5 Å². The summed E-state index contributed by atoms with van der Waals surface area (Å²) in [4.78, 5) is 24.5. The van der Waals surface area contributed by atoms with E-state index < -0.39 is 11.6 Å². The fourth-order valence-corrected chi connectivity index (χ4v) is 2.72. The van der Waals surface area contributed by atoms with E-state index in [1.165, 1.54) is 0 Å². The highest BCUT2D eigenvalue weighted by molar-refractivity contribution is 6.36. The highest BCUT2D eigenvalue weighted by Crippen LogP contribution is 2.17. The summed E-state index contributed by atoms with van der Waals surface area (Å²) in [5.41, 5.74) is 0.876. The van der Waals surface area contributed by atoms with Gasteiger partial charge in [-0.05, 0) is 57.0 Å². The van der Waals surface area contributed by atoms with Gasteiger partial charge in [0, 0.05) is 17.9 Å². The molecule has 0 bridgehead atoms. The average molecular weight is 395 g/mol. The molecule has 0 aromatic heterocycles. The minimum Gasteiger partial charge on any atom is -0.493 e. The van der Waals surface area contributed by atoms with Gasteiger partial charge in [0.25, 0.3) is 0 Å². The number of rotatable bonds is 9. The van der Waals surface area contributed by atoms with E-state index in [4.69, 9.17) is 14.9 Å². The average Bonchev–Trinajstić information content (AvgIpc) is 2.68. The molecular weight excluding hydrogens is 366 g/mol. The van der Waals surface area contributed by atoms with Crippen LogP contribution in [0.25, 0.3) is 0 Å². The van der Waals surface area contributed by atoms with Gasteiger partial charge in [0.1, 0.15) is 17.1 Å². The molecule has 0 saturated carbocycles. The number of Topliss-reactive ketones (excluding diaryl/α,β-unsaturated/α-hetero) is 1. The second-order valence-corrected chi connectivity index (χ2v) is 7.94. The Labute approximate surface area is 172 Å². The van der Waals surface area contributed by atoms with Gasteiger partial charge in [-0.1, -0.05) is 37.3 Å². The predicted octanol–water partition coefficient (Wildman–Crippen LogP) is 4.88. The lowest BCUT2D eigenvalue weighted by atomic mass is 10.0. The van der Waals surface area contributed by atoms with Crippen LogP contribution in [-0.2, 0) is 16.0 Å². The third-order valence-electron chi connectivity index (χ3n) is 4.35. The van der Waals surface area contributed by atoms with Crippen LogP contribution in [0, 0.1) is 11.3 Å². The van der Waals surface area contributed by atoms with Crippen molar-refractivity contribution in [2.75, 3.05) is 6.61 Å². The first-order valence-corrected chi connectivity index (χ1v) is 9.81. The lowest BCUT2D eigenvalue weighted by molar-refractivity contribution is -0.146. The van der Waals surface area contributed by atoms with Gasteiger partial charge in [-0.15, -0.1) is 0 Å². The van der Waals surface area contributed by atoms with Crippen molar-refractivity contribution < 1.29 is 19.1 Å². The van der Waals surface area contributed by atoms with E-state index in [0.29, 0.717) is 24.2 Å². The number of ketones is 1. The van der Waals surface area contributed by atoms with Crippen LogP contribution in [0.4, 0.5) is 0 Å². The Morgan fingerprint density at radius 2 is 1.62 bits per heavy atom. The third kappa shape index (κ3) is 7.18. The monoisotopic (exact) mass is 395 g/mol. The third-order valence-corrected chi connectivity index (χ3v) is 4.35.